The molecule has 1 N–H and O–H groups in total. The third-order valence-corrected chi connectivity index (χ3v) is 3.98. The van der Waals surface area contributed by atoms with Crippen molar-refractivity contribution >= 4 is 0 Å². The number of hydrogen-bond donors (Lipinski definition) is 1. The van der Waals surface area contributed by atoms with Crippen molar-refractivity contribution in [1.82, 2.24) is 5.32 Å². The van der Waals surface area contributed by atoms with Crippen LogP contribution in [0.3, 0.4) is 0 Å². The molecule has 3 atom stereocenters. The van der Waals surface area contributed by atoms with Crippen LogP contribution in [0.4, 0.5) is 0 Å². The average Bonchev–Trinajstić information content (AvgIpc) is 2.27. The van der Waals surface area contributed by atoms with Gasteiger partial charge in [-0.2, -0.15) is 0 Å². The van der Waals surface area contributed by atoms with Crippen molar-refractivity contribution in [2.75, 3.05) is 19.8 Å². The van der Waals surface area contributed by atoms with E-state index >= 15 is 0 Å². The Bertz CT molecular complexity index is 222. The first-order valence-electron chi connectivity index (χ1n) is 7.75. The van der Waals surface area contributed by atoms with Crippen LogP contribution in [0.15, 0.2) is 0 Å². The zero-order valence-electron chi connectivity index (χ0n) is 13.1. The summed E-state index contributed by atoms with van der Waals surface area (Å²) in [6.45, 7) is 14.4. The smallest absolute Gasteiger partial charge is 0.0497 e. The first-order valence-corrected chi connectivity index (χ1v) is 7.75. The number of rotatable bonds is 6. The molecule has 2 heteroatoms. The molecule has 0 aliphatic heterocycles. The Morgan fingerprint density at radius 3 is 2.50 bits per heavy atom. The van der Waals surface area contributed by atoms with Crippen LogP contribution < -0.4 is 5.32 Å². The lowest BCUT2D eigenvalue weighted by atomic mass is 9.75. The van der Waals surface area contributed by atoms with Crippen molar-refractivity contribution < 1.29 is 4.74 Å². The van der Waals surface area contributed by atoms with E-state index < -0.39 is 0 Å². The van der Waals surface area contributed by atoms with Gasteiger partial charge in [-0.05, 0) is 64.3 Å². The quantitative estimate of drug-likeness (QED) is 0.728. The highest BCUT2D eigenvalue weighted by Crippen LogP contribution is 2.33. The number of ether oxygens (including phenoxy) is 1. The van der Waals surface area contributed by atoms with E-state index in [1.54, 1.807) is 0 Å². The van der Waals surface area contributed by atoms with Gasteiger partial charge in [0.1, 0.15) is 0 Å². The topological polar surface area (TPSA) is 21.3 Å². The molecule has 0 aromatic carbocycles. The SMILES string of the molecule is CCCOCC1CC(C)CCC1CNC(C)(C)C. The molecule has 0 heterocycles. The molecule has 1 fully saturated rings. The van der Waals surface area contributed by atoms with Gasteiger partial charge in [0.2, 0.25) is 0 Å². The predicted molar refractivity (Wildman–Crippen MR) is 78.9 cm³/mol. The van der Waals surface area contributed by atoms with Crippen molar-refractivity contribution in [3.63, 3.8) is 0 Å². The fourth-order valence-electron chi connectivity index (χ4n) is 2.85. The van der Waals surface area contributed by atoms with Gasteiger partial charge in [0, 0.05) is 18.8 Å². The monoisotopic (exact) mass is 255 g/mol. The fraction of sp³-hybridized carbons (Fsp3) is 1.00. The van der Waals surface area contributed by atoms with Crippen LogP contribution in [0, 0.1) is 17.8 Å². The summed E-state index contributed by atoms with van der Waals surface area (Å²) in [6, 6.07) is 0. The summed E-state index contributed by atoms with van der Waals surface area (Å²) < 4.78 is 5.81. The third-order valence-electron chi connectivity index (χ3n) is 3.98. The van der Waals surface area contributed by atoms with Crippen LogP contribution in [0.25, 0.3) is 0 Å². The Balaban J connectivity index is 2.40. The minimum atomic E-state index is 0.234. The van der Waals surface area contributed by atoms with Crippen molar-refractivity contribution in [2.24, 2.45) is 17.8 Å². The third kappa shape index (κ3) is 6.19. The largest absolute Gasteiger partial charge is 0.381 e. The van der Waals surface area contributed by atoms with E-state index in [0.29, 0.717) is 0 Å². The van der Waals surface area contributed by atoms with Crippen LogP contribution in [-0.2, 0) is 4.74 Å². The molecule has 1 aliphatic rings. The van der Waals surface area contributed by atoms with Crippen LogP contribution >= 0.6 is 0 Å². The molecule has 0 aromatic rings. The highest BCUT2D eigenvalue weighted by atomic mass is 16.5. The molecule has 0 spiro atoms. The van der Waals surface area contributed by atoms with Gasteiger partial charge in [-0.3, -0.25) is 0 Å². The summed E-state index contributed by atoms with van der Waals surface area (Å²) in [5, 5.41) is 3.67. The summed E-state index contributed by atoms with van der Waals surface area (Å²) in [7, 11) is 0. The standard InChI is InChI=1S/C16H33NO/c1-6-9-18-12-15-10-13(2)7-8-14(15)11-17-16(3,4)5/h13-15,17H,6-12H2,1-5H3. The zero-order chi connectivity index (χ0) is 13.6. The van der Waals surface area contributed by atoms with E-state index in [9.17, 15) is 0 Å². The maximum Gasteiger partial charge on any atom is 0.0497 e. The van der Waals surface area contributed by atoms with Crippen molar-refractivity contribution in [3.05, 3.63) is 0 Å². The van der Waals surface area contributed by atoms with E-state index in [2.05, 4.69) is 39.9 Å². The molecule has 108 valence electrons. The lowest BCUT2D eigenvalue weighted by Gasteiger charge is -2.36. The van der Waals surface area contributed by atoms with Gasteiger partial charge in [0.15, 0.2) is 0 Å². The number of hydrogen-bond acceptors (Lipinski definition) is 2. The second-order valence-electron chi connectivity index (χ2n) is 7.14. The van der Waals surface area contributed by atoms with E-state index in [4.69, 9.17) is 4.74 Å². The lowest BCUT2D eigenvalue weighted by Crippen LogP contribution is -2.42. The Labute approximate surface area is 114 Å². The molecule has 1 rings (SSSR count). The summed E-state index contributed by atoms with van der Waals surface area (Å²) in [5.74, 6) is 2.44. The van der Waals surface area contributed by atoms with Crippen LogP contribution in [0.5, 0.6) is 0 Å². The van der Waals surface area contributed by atoms with Gasteiger partial charge in [-0.25, -0.2) is 0 Å². The highest BCUT2D eigenvalue weighted by Gasteiger charge is 2.29. The zero-order valence-corrected chi connectivity index (χ0v) is 13.1. The molecule has 18 heavy (non-hydrogen) atoms. The number of nitrogens with one attached hydrogen (secondary N) is 1. The summed E-state index contributed by atoms with van der Waals surface area (Å²) in [5.41, 5.74) is 0.234. The second-order valence-corrected chi connectivity index (χ2v) is 7.14. The normalized spacial score (nSPS) is 29.5. The minimum Gasteiger partial charge on any atom is -0.381 e. The average molecular weight is 255 g/mol. The molecular formula is C16H33NO. The maximum absolute atomic E-state index is 5.81. The first kappa shape index (κ1) is 16.0. The molecule has 0 saturated heterocycles. The lowest BCUT2D eigenvalue weighted by molar-refractivity contribution is 0.0456. The van der Waals surface area contributed by atoms with E-state index in [-0.39, 0.29) is 5.54 Å². The Kier molecular flexibility index (Phi) is 6.65. The van der Waals surface area contributed by atoms with Gasteiger partial charge >= 0.3 is 0 Å². The molecule has 2 nitrogen and oxygen atoms in total. The van der Waals surface area contributed by atoms with Gasteiger partial charge in [-0.15, -0.1) is 0 Å². The predicted octanol–water partition coefficient (Wildman–Crippen LogP) is 3.85. The molecule has 1 aliphatic carbocycles. The fourth-order valence-corrected chi connectivity index (χ4v) is 2.85. The van der Waals surface area contributed by atoms with Crippen LogP contribution in [0.1, 0.15) is 60.3 Å². The van der Waals surface area contributed by atoms with Crippen molar-refractivity contribution in [1.29, 1.82) is 0 Å². The Morgan fingerprint density at radius 2 is 1.89 bits per heavy atom. The molecule has 0 bridgehead atoms. The van der Waals surface area contributed by atoms with Gasteiger partial charge in [0.25, 0.3) is 0 Å². The molecule has 1 saturated carbocycles. The first-order chi connectivity index (χ1) is 8.42. The molecule has 0 aromatic heterocycles. The Morgan fingerprint density at radius 1 is 1.17 bits per heavy atom. The summed E-state index contributed by atoms with van der Waals surface area (Å²) in [4.78, 5) is 0. The van der Waals surface area contributed by atoms with E-state index in [1.165, 1.54) is 19.3 Å². The van der Waals surface area contributed by atoms with Gasteiger partial charge < -0.3 is 10.1 Å². The van der Waals surface area contributed by atoms with Crippen LogP contribution in [0.2, 0.25) is 0 Å². The van der Waals surface area contributed by atoms with E-state index in [1.807, 2.05) is 0 Å². The minimum absolute atomic E-state index is 0.234. The summed E-state index contributed by atoms with van der Waals surface area (Å²) in [6.07, 6.45) is 5.23. The molecule has 3 unspecified atom stereocenters. The highest BCUT2D eigenvalue weighted by molar-refractivity contribution is 4.82. The maximum atomic E-state index is 5.81. The molecule has 0 radical (unpaired) electrons. The second kappa shape index (κ2) is 7.49. The summed E-state index contributed by atoms with van der Waals surface area (Å²) >= 11 is 0. The molecular weight excluding hydrogens is 222 g/mol. The molecule has 0 amide bonds. The van der Waals surface area contributed by atoms with Gasteiger partial charge in [0.05, 0.1) is 0 Å². The van der Waals surface area contributed by atoms with Crippen molar-refractivity contribution in [3.8, 4) is 0 Å². The Hall–Kier alpha value is -0.0800. The van der Waals surface area contributed by atoms with Crippen molar-refractivity contribution in [2.45, 2.75) is 65.8 Å². The van der Waals surface area contributed by atoms with Gasteiger partial charge in [-0.1, -0.05) is 20.3 Å². The van der Waals surface area contributed by atoms with Crippen LogP contribution in [-0.4, -0.2) is 25.3 Å². The van der Waals surface area contributed by atoms with E-state index in [0.717, 1.165) is 43.9 Å².